The number of carbonyl (C=O) groups is 2. The monoisotopic (exact) mass is 443 g/mol. The first-order valence-electron chi connectivity index (χ1n) is 11.1. The summed E-state index contributed by atoms with van der Waals surface area (Å²) in [6, 6.07) is -0.819. The lowest BCUT2D eigenvalue weighted by atomic mass is 9.90. The summed E-state index contributed by atoms with van der Waals surface area (Å²) in [5.41, 5.74) is -1.31. The molecule has 0 aromatic heterocycles. The molecular formula is C23H45NO5Si. The van der Waals surface area contributed by atoms with Crippen molar-refractivity contribution in [2.24, 2.45) is 11.8 Å². The summed E-state index contributed by atoms with van der Waals surface area (Å²) in [5.74, 6) is -0.179. The van der Waals surface area contributed by atoms with Crippen molar-refractivity contribution in [2.75, 3.05) is 6.54 Å². The Kier molecular flexibility index (Phi) is 7.91. The van der Waals surface area contributed by atoms with Crippen LogP contribution >= 0.6 is 0 Å². The molecule has 1 aliphatic rings. The third-order valence-corrected chi connectivity index (χ3v) is 10.3. The fourth-order valence-electron chi connectivity index (χ4n) is 3.25. The number of amides is 1. The Morgan fingerprint density at radius 1 is 0.900 bits per heavy atom. The molecule has 0 bridgehead atoms. The van der Waals surface area contributed by atoms with Gasteiger partial charge in [-0.1, -0.05) is 34.6 Å². The third-order valence-electron chi connectivity index (χ3n) is 5.85. The molecule has 1 heterocycles. The van der Waals surface area contributed by atoms with Crippen LogP contribution in [0.5, 0.6) is 0 Å². The first-order chi connectivity index (χ1) is 13.2. The van der Waals surface area contributed by atoms with Gasteiger partial charge in [-0.05, 0) is 65.6 Å². The van der Waals surface area contributed by atoms with E-state index in [1.807, 2.05) is 41.5 Å². The summed E-state index contributed by atoms with van der Waals surface area (Å²) in [4.78, 5) is 27.9. The molecule has 1 fully saturated rings. The van der Waals surface area contributed by atoms with E-state index in [0.717, 1.165) is 0 Å². The van der Waals surface area contributed by atoms with E-state index in [9.17, 15) is 9.59 Å². The molecular weight excluding hydrogens is 398 g/mol. The summed E-state index contributed by atoms with van der Waals surface area (Å²) >= 11 is 0. The van der Waals surface area contributed by atoms with Crippen molar-refractivity contribution in [2.45, 2.75) is 118 Å². The lowest BCUT2D eigenvalue weighted by molar-refractivity contribution is -0.163. The van der Waals surface area contributed by atoms with Gasteiger partial charge in [0.25, 0.3) is 0 Å². The van der Waals surface area contributed by atoms with Crippen LogP contribution in [0.2, 0.25) is 18.1 Å². The van der Waals surface area contributed by atoms with Gasteiger partial charge in [0.1, 0.15) is 11.2 Å². The van der Waals surface area contributed by atoms with Crippen LogP contribution in [0.3, 0.4) is 0 Å². The number of hydrogen-bond donors (Lipinski definition) is 0. The first-order valence-corrected chi connectivity index (χ1v) is 14.0. The van der Waals surface area contributed by atoms with E-state index >= 15 is 0 Å². The predicted molar refractivity (Wildman–Crippen MR) is 123 cm³/mol. The Morgan fingerprint density at radius 3 is 1.73 bits per heavy atom. The number of esters is 1. The van der Waals surface area contributed by atoms with Gasteiger partial charge in [-0.15, -0.1) is 0 Å². The second kappa shape index (κ2) is 8.81. The zero-order chi connectivity index (χ0) is 23.9. The average Bonchev–Trinajstić information content (AvgIpc) is 2.81. The Bertz CT molecular complexity index is 625. The Morgan fingerprint density at radius 2 is 1.37 bits per heavy atom. The van der Waals surface area contributed by atoms with Crippen LogP contribution in [0.15, 0.2) is 0 Å². The van der Waals surface area contributed by atoms with Crippen LogP contribution in [0.25, 0.3) is 0 Å². The summed E-state index contributed by atoms with van der Waals surface area (Å²) < 4.78 is 18.2. The van der Waals surface area contributed by atoms with Crippen LogP contribution < -0.4 is 0 Å². The van der Waals surface area contributed by atoms with Gasteiger partial charge in [0.05, 0.1) is 6.10 Å². The number of likely N-dealkylation sites (tertiary alicyclic amines) is 1. The molecule has 0 unspecified atom stereocenters. The van der Waals surface area contributed by atoms with Crippen molar-refractivity contribution < 1.29 is 23.5 Å². The third kappa shape index (κ3) is 6.97. The van der Waals surface area contributed by atoms with Crippen LogP contribution in [0.1, 0.15) is 76.2 Å². The highest BCUT2D eigenvalue weighted by Crippen LogP contribution is 2.42. The largest absolute Gasteiger partial charge is 0.458 e. The maximum absolute atomic E-state index is 13.3. The number of nitrogens with zero attached hydrogens (tertiary/aromatic N) is 1. The van der Waals surface area contributed by atoms with Crippen molar-refractivity contribution in [3.63, 3.8) is 0 Å². The van der Waals surface area contributed by atoms with Crippen molar-refractivity contribution in [3.05, 3.63) is 0 Å². The molecule has 1 saturated heterocycles. The number of rotatable bonds is 4. The molecule has 176 valence electrons. The zero-order valence-corrected chi connectivity index (χ0v) is 22.5. The standard InChI is InChI=1S/C23H45NO5Si/c1-15(2)16-14-24(20(26)28-22(6,7)8)17(19(25)27-21(3,4)5)18(16)29-30(12,13)23(9,10)11/h15-18H,14H2,1-13H3/t16-,17-,18-/m0/s1. The summed E-state index contributed by atoms with van der Waals surface area (Å²) in [5, 5.41) is -0.0215. The topological polar surface area (TPSA) is 65.1 Å². The molecule has 1 aliphatic heterocycles. The Balaban J connectivity index is 3.42. The summed E-state index contributed by atoms with van der Waals surface area (Å²) in [6.07, 6.45) is -0.918. The van der Waals surface area contributed by atoms with Gasteiger partial charge < -0.3 is 13.9 Å². The van der Waals surface area contributed by atoms with Crippen LogP contribution in [-0.2, 0) is 18.7 Å². The van der Waals surface area contributed by atoms with Crippen molar-refractivity contribution >= 4 is 20.4 Å². The van der Waals surface area contributed by atoms with Crippen molar-refractivity contribution in [1.82, 2.24) is 4.90 Å². The van der Waals surface area contributed by atoms with E-state index < -0.39 is 43.7 Å². The lowest BCUT2D eigenvalue weighted by Gasteiger charge is -2.41. The fraction of sp³-hybridized carbons (Fsp3) is 0.913. The minimum Gasteiger partial charge on any atom is -0.458 e. The van der Waals surface area contributed by atoms with Crippen LogP contribution in [-0.4, -0.2) is 55.2 Å². The van der Waals surface area contributed by atoms with Gasteiger partial charge in [-0.25, -0.2) is 9.59 Å². The average molecular weight is 444 g/mol. The number of carbonyl (C=O) groups excluding carboxylic acids is 2. The molecule has 0 aliphatic carbocycles. The molecule has 6 nitrogen and oxygen atoms in total. The molecule has 0 aromatic carbocycles. The smallest absolute Gasteiger partial charge is 0.411 e. The maximum atomic E-state index is 13.3. The minimum absolute atomic E-state index is 0.0177. The molecule has 7 heteroatoms. The number of ether oxygens (including phenoxy) is 2. The highest BCUT2D eigenvalue weighted by Gasteiger charge is 2.54. The highest BCUT2D eigenvalue weighted by atomic mass is 28.4. The fourth-order valence-corrected chi connectivity index (χ4v) is 4.58. The zero-order valence-electron chi connectivity index (χ0n) is 21.5. The van der Waals surface area contributed by atoms with Gasteiger partial charge in [0.15, 0.2) is 14.4 Å². The first kappa shape index (κ1) is 27.0. The number of hydrogen-bond acceptors (Lipinski definition) is 5. The van der Waals surface area contributed by atoms with Gasteiger partial charge in [-0.3, -0.25) is 4.90 Å². The lowest BCUT2D eigenvalue weighted by Crippen LogP contribution is -2.54. The molecule has 30 heavy (non-hydrogen) atoms. The molecule has 1 rings (SSSR count). The predicted octanol–water partition coefficient (Wildman–Crippen LogP) is 5.61. The SMILES string of the molecule is CC(C)[C@@H]1CN(C(=O)OC(C)(C)C)[C@H](C(=O)OC(C)(C)C)[C@H]1O[Si](C)(C)C(C)(C)C. The maximum Gasteiger partial charge on any atom is 0.411 e. The van der Waals surface area contributed by atoms with Gasteiger partial charge in [0.2, 0.25) is 0 Å². The van der Waals surface area contributed by atoms with Crippen LogP contribution in [0.4, 0.5) is 4.79 Å². The van der Waals surface area contributed by atoms with Crippen molar-refractivity contribution in [1.29, 1.82) is 0 Å². The van der Waals surface area contributed by atoms with Gasteiger partial charge >= 0.3 is 12.1 Å². The summed E-state index contributed by atoms with van der Waals surface area (Å²) in [6.45, 7) is 26.5. The quantitative estimate of drug-likeness (QED) is 0.417. The second-order valence-corrected chi connectivity index (χ2v) is 17.1. The minimum atomic E-state index is -2.20. The van der Waals surface area contributed by atoms with Gasteiger partial charge in [-0.2, -0.15) is 0 Å². The molecule has 0 aromatic rings. The van der Waals surface area contributed by atoms with Gasteiger partial charge in [0, 0.05) is 12.5 Å². The second-order valence-electron chi connectivity index (χ2n) is 12.4. The van der Waals surface area contributed by atoms with E-state index in [1.165, 1.54) is 4.90 Å². The van der Waals surface area contributed by atoms with E-state index in [1.54, 1.807) is 0 Å². The van der Waals surface area contributed by atoms with Crippen molar-refractivity contribution in [3.8, 4) is 0 Å². The molecule has 1 amide bonds. The molecule has 0 N–H and O–H groups in total. The van der Waals surface area contributed by atoms with E-state index in [0.29, 0.717) is 6.54 Å². The van der Waals surface area contributed by atoms with Crippen LogP contribution in [0, 0.1) is 11.8 Å². The molecule has 0 radical (unpaired) electrons. The Labute approximate surface area is 185 Å². The van der Waals surface area contributed by atoms with E-state index in [2.05, 4.69) is 47.7 Å². The molecule has 0 spiro atoms. The Hall–Kier alpha value is -1.08. The molecule has 3 atom stereocenters. The highest BCUT2D eigenvalue weighted by molar-refractivity contribution is 6.74. The summed E-state index contributed by atoms with van der Waals surface area (Å²) in [7, 11) is -2.20. The molecule has 0 saturated carbocycles. The normalized spacial score (nSPS) is 23.7. The van der Waals surface area contributed by atoms with E-state index in [-0.39, 0.29) is 16.9 Å². The van der Waals surface area contributed by atoms with E-state index in [4.69, 9.17) is 13.9 Å².